The van der Waals surface area contributed by atoms with Gasteiger partial charge >= 0.3 is 0 Å². The van der Waals surface area contributed by atoms with Gasteiger partial charge in [-0.05, 0) is 47.6 Å². The van der Waals surface area contributed by atoms with Crippen molar-refractivity contribution in [3.63, 3.8) is 0 Å². The second kappa shape index (κ2) is 4.53. The molecule has 6 nitrogen and oxygen atoms in total. The largest absolute Gasteiger partial charge is 0.294 e. The highest BCUT2D eigenvalue weighted by atomic mass is 127. The molecule has 0 bridgehead atoms. The number of hydrogen-bond donors (Lipinski definition) is 1. The van der Waals surface area contributed by atoms with E-state index in [0.29, 0.717) is 5.82 Å². The second-order valence-electron chi connectivity index (χ2n) is 4.46. The number of primary sulfonamides is 1. The number of nitrogens with zero attached hydrogens (tertiary/aromatic N) is 3. The van der Waals surface area contributed by atoms with Crippen molar-refractivity contribution in [3.05, 3.63) is 27.8 Å². The van der Waals surface area contributed by atoms with Gasteiger partial charge in [0.25, 0.3) is 15.2 Å². The lowest BCUT2D eigenvalue weighted by Crippen LogP contribution is -2.18. The average Bonchev–Trinajstić information content (AvgIpc) is 3.06. The van der Waals surface area contributed by atoms with Crippen molar-refractivity contribution in [1.29, 1.82) is 0 Å². The predicted octanol–water partition coefficient (Wildman–Crippen LogP) is 1.53. The summed E-state index contributed by atoms with van der Waals surface area (Å²) in [4.78, 5) is 0. The highest BCUT2D eigenvalue weighted by Gasteiger charge is 2.33. The third kappa shape index (κ3) is 2.51. The zero-order chi connectivity index (χ0) is 13.6. The molecule has 0 saturated heterocycles. The van der Waals surface area contributed by atoms with Crippen LogP contribution in [0.15, 0.2) is 29.4 Å². The van der Waals surface area contributed by atoms with Crippen molar-refractivity contribution in [3.8, 4) is 11.4 Å². The van der Waals surface area contributed by atoms with Crippen molar-refractivity contribution in [2.75, 3.05) is 0 Å². The van der Waals surface area contributed by atoms with Crippen LogP contribution in [0.2, 0.25) is 0 Å². The van der Waals surface area contributed by atoms with E-state index in [-0.39, 0.29) is 11.2 Å². The van der Waals surface area contributed by atoms with Gasteiger partial charge in [-0.15, -0.1) is 10.2 Å². The first-order valence-corrected chi connectivity index (χ1v) is 8.33. The van der Waals surface area contributed by atoms with E-state index in [4.69, 9.17) is 5.14 Å². The number of rotatable bonds is 3. The highest BCUT2D eigenvalue weighted by molar-refractivity contribution is 14.1. The maximum Gasteiger partial charge on any atom is 0.273 e. The summed E-state index contributed by atoms with van der Waals surface area (Å²) in [5.74, 6) is 0.560. The van der Waals surface area contributed by atoms with Gasteiger partial charge in [0, 0.05) is 15.2 Å². The molecule has 1 aromatic carbocycles. The summed E-state index contributed by atoms with van der Waals surface area (Å²) in [7, 11) is -3.85. The van der Waals surface area contributed by atoms with E-state index in [9.17, 15) is 8.42 Å². The van der Waals surface area contributed by atoms with Crippen molar-refractivity contribution < 1.29 is 8.42 Å². The van der Waals surface area contributed by atoms with Crippen LogP contribution in [0.25, 0.3) is 11.4 Å². The molecule has 0 amide bonds. The van der Waals surface area contributed by atoms with Crippen LogP contribution in [0.4, 0.5) is 0 Å². The molecule has 2 N–H and O–H groups in total. The normalized spacial score (nSPS) is 15.7. The van der Waals surface area contributed by atoms with Crippen molar-refractivity contribution in [2.45, 2.75) is 24.0 Å². The molecule has 1 heterocycles. The summed E-state index contributed by atoms with van der Waals surface area (Å²) >= 11 is 2.20. The topological polar surface area (TPSA) is 90.9 Å². The van der Waals surface area contributed by atoms with Gasteiger partial charge in [-0.3, -0.25) is 4.57 Å². The molecule has 2 aromatic rings. The van der Waals surface area contributed by atoms with Gasteiger partial charge in [-0.1, -0.05) is 12.1 Å². The minimum absolute atomic E-state index is 0.135. The zero-order valence-corrected chi connectivity index (χ0v) is 12.8. The third-order valence-corrected chi connectivity index (χ3v) is 4.37. The fourth-order valence-corrected chi connectivity index (χ4v) is 3.16. The predicted molar refractivity (Wildman–Crippen MR) is 77.8 cm³/mol. The lowest BCUT2D eigenvalue weighted by molar-refractivity contribution is 0.567. The first-order chi connectivity index (χ1) is 8.97. The Kier molecular flexibility index (Phi) is 3.10. The van der Waals surface area contributed by atoms with E-state index in [1.165, 1.54) is 0 Å². The Hall–Kier alpha value is -1.00. The van der Waals surface area contributed by atoms with E-state index in [1.807, 2.05) is 24.3 Å². The quantitative estimate of drug-likeness (QED) is 0.805. The number of benzene rings is 1. The molecule has 19 heavy (non-hydrogen) atoms. The molecule has 0 radical (unpaired) electrons. The Morgan fingerprint density at radius 3 is 2.63 bits per heavy atom. The molecule has 0 aliphatic heterocycles. The maximum atomic E-state index is 11.6. The summed E-state index contributed by atoms with van der Waals surface area (Å²) in [6.07, 6.45) is 1.86. The Morgan fingerprint density at radius 2 is 2.05 bits per heavy atom. The van der Waals surface area contributed by atoms with E-state index in [0.717, 1.165) is 22.0 Å². The molecule has 3 rings (SSSR count). The summed E-state index contributed by atoms with van der Waals surface area (Å²) in [6.45, 7) is 0. The fraction of sp³-hybridized carbons (Fsp3) is 0.273. The molecule has 0 spiro atoms. The van der Waals surface area contributed by atoms with Crippen molar-refractivity contribution in [1.82, 2.24) is 14.8 Å². The lowest BCUT2D eigenvalue weighted by Gasteiger charge is -2.07. The average molecular weight is 390 g/mol. The first kappa shape index (κ1) is 13.0. The molecule has 1 saturated carbocycles. The monoisotopic (exact) mass is 390 g/mol. The van der Waals surface area contributed by atoms with E-state index < -0.39 is 10.0 Å². The van der Waals surface area contributed by atoms with Crippen molar-refractivity contribution >= 4 is 32.6 Å². The molecule has 100 valence electrons. The third-order valence-electron chi connectivity index (χ3n) is 2.91. The standard InChI is InChI=1S/C11H11IN4O2S/c12-8-3-1-2-7(6-8)10-14-15-11(19(13,17)18)16(10)9-4-5-9/h1-3,6,9H,4-5H2,(H2,13,17,18). The number of aromatic nitrogens is 3. The van der Waals surface area contributed by atoms with Gasteiger partial charge in [-0.25, -0.2) is 13.6 Å². The van der Waals surface area contributed by atoms with Crippen LogP contribution in [0.1, 0.15) is 18.9 Å². The summed E-state index contributed by atoms with van der Waals surface area (Å²) in [5.41, 5.74) is 0.848. The molecule has 1 aliphatic carbocycles. The van der Waals surface area contributed by atoms with Crippen LogP contribution in [-0.4, -0.2) is 23.2 Å². The van der Waals surface area contributed by atoms with Gasteiger partial charge in [0.1, 0.15) is 0 Å². The Morgan fingerprint density at radius 1 is 1.32 bits per heavy atom. The lowest BCUT2D eigenvalue weighted by atomic mass is 10.2. The van der Waals surface area contributed by atoms with Crippen LogP contribution >= 0.6 is 22.6 Å². The number of sulfonamides is 1. The summed E-state index contributed by atoms with van der Waals surface area (Å²) in [5, 5.41) is 12.8. The Labute approximate surface area is 124 Å². The van der Waals surface area contributed by atoms with Crippen LogP contribution in [0.5, 0.6) is 0 Å². The molecule has 8 heteroatoms. The summed E-state index contributed by atoms with van der Waals surface area (Å²) in [6, 6.07) is 7.83. The zero-order valence-electron chi connectivity index (χ0n) is 9.82. The van der Waals surface area contributed by atoms with Gasteiger partial charge < -0.3 is 0 Å². The molecular weight excluding hydrogens is 379 g/mol. The molecule has 1 fully saturated rings. The first-order valence-electron chi connectivity index (χ1n) is 5.70. The van der Waals surface area contributed by atoms with E-state index >= 15 is 0 Å². The number of nitrogens with two attached hydrogens (primary N) is 1. The number of hydrogen-bond acceptors (Lipinski definition) is 4. The van der Waals surface area contributed by atoms with Crippen molar-refractivity contribution in [2.24, 2.45) is 5.14 Å². The maximum absolute atomic E-state index is 11.6. The number of halogens is 1. The van der Waals surface area contributed by atoms with Gasteiger partial charge in [0.2, 0.25) is 0 Å². The van der Waals surface area contributed by atoms with Crippen LogP contribution in [0, 0.1) is 3.57 Å². The smallest absolute Gasteiger partial charge is 0.273 e. The summed E-state index contributed by atoms with van der Waals surface area (Å²) < 4.78 is 25.8. The van der Waals surface area contributed by atoms with Crippen LogP contribution in [-0.2, 0) is 10.0 Å². The molecular formula is C11H11IN4O2S. The van der Waals surface area contributed by atoms with Crippen LogP contribution in [0.3, 0.4) is 0 Å². The molecule has 1 aromatic heterocycles. The van der Waals surface area contributed by atoms with Gasteiger partial charge in [-0.2, -0.15) is 0 Å². The van der Waals surface area contributed by atoms with Crippen LogP contribution < -0.4 is 5.14 Å². The highest BCUT2D eigenvalue weighted by Crippen LogP contribution is 2.39. The Balaban J connectivity index is 2.20. The SMILES string of the molecule is NS(=O)(=O)c1nnc(-c2cccc(I)c2)n1C1CC1. The van der Waals surface area contributed by atoms with Gasteiger partial charge in [0.05, 0.1) is 0 Å². The molecule has 1 aliphatic rings. The minimum atomic E-state index is -3.85. The molecule has 0 unspecified atom stereocenters. The van der Waals surface area contributed by atoms with E-state index in [2.05, 4.69) is 32.8 Å². The Bertz CT molecular complexity index is 737. The second-order valence-corrected chi connectivity index (χ2v) is 7.16. The van der Waals surface area contributed by atoms with E-state index in [1.54, 1.807) is 4.57 Å². The fourth-order valence-electron chi connectivity index (χ4n) is 1.96. The van der Waals surface area contributed by atoms with Gasteiger partial charge in [0.15, 0.2) is 5.82 Å². The molecule has 0 atom stereocenters. The minimum Gasteiger partial charge on any atom is -0.294 e.